The highest BCUT2D eigenvalue weighted by molar-refractivity contribution is 7.91. The Morgan fingerprint density at radius 3 is 2.58 bits per heavy atom. The van der Waals surface area contributed by atoms with Crippen molar-refractivity contribution < 1.29 is 12.8 Å². The Labute approximate surface area is 118 Å². The molecule has 6 heteroatoms. The first-order chi connectivity index (χ1) is 8.87. The maximum Gasteiger partial charge on any atom is 0.150 e. The molecule has 0 aliphatic carbocycles. The maximum atomic E-state index is 13.0. The molecule has 1 atom stereocenters. The molecule has 1 aliphatic heterocycles. The molecule has 1 fully saturated rings. The molecule has 1 aliphatic rings. The van der Waals surface area contributed by atoms with Crippen LogP contribution in [-0.4, -0.2) is 26.0 Å². The van der Waals surface area contributed by atoms with Gasteiger partial charge in [-0.15, -0.1) is 0 Å². The van der Waals surface area contributed by atoms with Crippen molar-refractivity contribution in [3.05, 3.63) is 34.6 Å². The lowest BCUT2D eigenvalue weighted by Gasteiger charge is -2.27. The third kappa shape index (κ3) is 3.91. The molecule has 3 nitrogen and oxygen atoms in total. The van der Waals surface area contributed by atoms with Crippen LogP contribution in [0.25, 0.3) is 0 Å². The smallest absolute Gasteiger partial charge is 0.150 e. The second-order valence-electron chi connectivity index (χ2n) is 4.98. The molecule has 0 spiro atoms. The number of hydrogen-bond donors (Lipinski definition) is 1. The summed E-state index contributed by atoms with van der Waals surface area (Å²) in [6.07, 6.45) is 1.23. The molecular weight excluding hydrogens is 289 g/mol. The van der Waals surface area contributed by atoms with Gasteiger partial charge in [0.05, 0.1) is 11.5 Å². The monoisotopic (exact) mass is 305 g/mol. The Morgan fingerprint density at radius 2 is 2.00 bits per heavy atom. The Balaban J connectivity index is 2.00. The summed E-state index contributed by atoms with van der Waals surface area (Å²) in [5.74, 6) is 0.105. The van der Waals surface area contributed by atoms with E-state index >= 15 is 0 Å². The quantitative estimate of drug-likeness (QED) is 0.934. The van der Waals surface area contributed by atoms with Crippen molar-refractivity contribution in [2.45, 2.75) is 31.8 Å². The fourth-order valence-electron chi connectivity index (χ4n) is 2.35. The van der Waals surface area contributed by atoms with Gasteiger partial charge in [0.25, 0.3) is 0 Å². The number of rotatable bonds is 3. The first kappa shape index (κ1) is 14.8. The summed E-state index contributed by atoms with van der Waals surface area (Å²) in [4.78, 5) is 0. The summed E-state index contributed by atoms with van der Waals surface area (Å²) < 4.78 is 35.7. The van der Waals surface area contributed by atoms with Crippen LogP contribution in [0.15, 0.2) is 18.2 Å². The van der Waals surface area contributed by atoms with E-state index in [-0.39, 0.29) is 29.4 Å². The molecule has 1 aromatic carbocycles. The molecule has 0 saturated carbocycles. The minimum Gasteiger partial charge on any atom is -0.307 e. The van der Waals surface area contributed by atoms with E-state index in [0.29, 0.717) is 17.9 Å². The van der Waals surface area contributed by atoms with Gasteiger partial charge in [-0.3, -0.25) is 0 Å². The van der Waals surface area contributed by atoms with Crippen LogP contribution < -0.4 is 5.32 Å². The summed E-state index contributed by atoms with van der Waals surface area (Å²) in [6.45, 7) is 1.95. The molecule has 0 radical (unpaired) electrons. The van der Waals surface area contributed by atoms with E-state index in [9.17, 15) is 12.8 Å². The molecule has 1 unspecified atom stereocenters. The van der Waals surface area contributed by atoms with Crippen LogP contribution in [0.4, 0.5) is 4.39 Å². The van der Waals surface area contributed by atoms with Gasteiger partial charge in [0.1, 0.15) is 15.7 Å². The second kappa shape index (κ2) is 5.77. The Hall–Kier alpha value is -0.650. The zero-order valence-electron chi connectivity index (χ0n) is 10.7. The highest BCUT2D eigenvalue weighted by atomic mass is 35.5. The van der Waals surface area contributed by atoms with Crippen LogP contribution in [0.5, 0.6) is 0 Å². The largest absolute Gasteiger partial charge is 0.307 e. The van der Waals surface area contributed by atoms with E-state index in [4.69, 9.17) is 11.6 Å². The van der Waals surface area contributed by atoms with Gasteiger partial charge in [-0.25, -0.2) is 12.8 Å². The van der Waals surface area contributed by atoms with Crippen LogP contribution in [-0.2, 0) is 9.84 Å². The van der Waals surface area contributed by atoms with Crippen molar-refractivity contribution >= 4 is 21.4 Å². The normalized spacial score (nSPS) is 21.2. The molecule has 0 aromatic heterocycles. The van der Waals surface area contributed by atoms with Gasteiger partial charge < -0.3 is 5.32 Å². The number of sulfone groups is 1. The molecule has 1 aromatic rings. The van der Waals surface area contributed by atoms with Crippen molar-refractivity contribution in [2.75, 3.05) is 11.5 Å². The van der Waals surface area contributed by atoms with Gasteiger partial charge in [-0.05, 0) is 37.5 Å². The van der Waals surface area contributed by atoms with Gasteiger partial charge in [-0.1, -0.05) is 17.7 Å². The number of benzene rings is 1. The molecule has 1 saturated heterocycles. The Bertz CT molecular complexity index is 548. The van der Waals surface area contributed by atoms with Gasteiger partial charge in [0, 0.05) is 17.1 Å². The first-order valence-electron chi connectivity index (χ1n) is 6.29. The summed E-state index contributed by atoms with van der Waals surface area (Å²) in [5.41, 5.74) is 0.830. The van der Waals surface area contributed by atoms with E-state index in [2.05, 4.69) is 5.32 Å². The van der Waals surface area contributed by atoms with Gasteiger partial charge in [0.15, 0.2) is 0 Å². The zero-order valence-corrected chi connectivity index (χ0v) is 12.3. The standard InChI is InChI=1S/C13H17ClFNO2S/c1-9(12-3-2-10(15)8-13(12)14)16-11-4-6-19(17,18)7-5-11/h2-3,8-9,11,16H,4-7H2,1H3. The second-order valence-corrected chi connectivity index (χ2v) is 7.69. The lowest BCUT2D eigenvalue weighted by Crippen LogP contribution is -2.38. The van der Waals surface area contributed by atoms with E-state index in [1.165, 1.54) is 12.1 Å². The number of nitrogens with one attached hydrogen (secondary N) is 1. The minimum atomic E-state index is -2.85. The fourth-order valence-corrected chi connectivity index (χ4v) is 4.17. The number of hydrogen-bond acceptors (Lipinski definition) is 3. The van der Waals surface area contributed by atoms with E-state index in [0.717, 1.165) is 5.56 Å². The van der Waals surface area contributed by atoms with Crippen LogP contribution in [0.2, 0.25) is 5.02 Å². The van der Waals surface area contributed by atoms with Crippen LogP contribution in [0.3, 0.4) is 0 Å². The molecule has 19 heavy (non-hydrogen) atoms. The topological polar surface area (TPSA) is 46.2 Å². The molecular formula is C13H17ClFNO2S. The van der Waals surface area contributed by atoms with E-state index < -0.39 is 9.84 Å². The van der Waals surface area contributed by atoms with Crippen LogP contribution in [0.1, 0.15) is 31.4 Å². The van der Waals surface area contributed by atoms with Crippen molar-refractivity contribution in [1.82, 2.24) is 5.32 Å². The lowest BCUT2D eigenvalue weighted by molar-refractivity contribution is 0.420. The molecule has 106 valence electrons. The number of halogens is 2. The summed E-state index contributed by atoms with van der Waals surface area (Å²) in [6, 6.07) is 4.47. The summed E-state index contributed by atoms with van der Waals surface area (Å²) >= 11 is 6.01. The lowest BCUT2D eigenvalue weighted by atomic mass is 10.1. The molecule has 1 heterocycles. The highest BCUT2D eigenvalue weighted by Gasteiger charge is 2.25. The zero-order chi connectivity index (χ0) is 14.0. The summed E-state index contributed by atoms with van der Waals surface area (Å²) in [5, 5.41) is 3.75. The average molecular weight is 306 g/mol. The van der Waals surface area contributed by atoms with Crippen LogP contribution >= 0.6 is 11.6 Å². The minimum absolute atomic E-state index is 0.0288. The average Bonchev–Trinajstić information content (AvgIpc) is 2.31. The molecule has 2 rings (SSSR count). The van der Waals surface area contributed by atoms with E-state index in [1.54, 1.807) is 6.07 Å². The Morgan fingerprint density at radius 1 is 1.37 bits per heavy atom. The summed E-state index contributed by atoms with van der Waals surface area (Å²) in [7, 11) is -2.85. The predicted molar refractivity (Wildman–Crippen MR) is 74.6 cm³/mol. The first-order valence-corrected chi connectivity index (χ1v) is 8.49. The fraction of sp³-hybridized carbons (Fsp3) is 0.538. The Kier molecular flexibility index (Phi) is 4.48. The third-order valence-electron chi connectivity index (χ3n) is 3.47. The van der Waals surface area contributed by atoms with Crippen molar-refractivity contribution in [2.24, 2.45) is 0 Å². The van der Waals surface area contributed by atoms with Gasteiger partial charge in [0.2, 0.25) is 0 Å². The predicted octanol–water partition coefficient (Wildman–Crippen LogP) is 2.71. The van der Waals surface area contributed by atoms with Gasteiger partial charge >= 0.3 is 0 Å². The third-order valence-corrected chi connectivity index (χ3v) is 5.51. The van der Waals surface area contributed by atoms with Crippen molar-refractivity contribution in [1.29, 1.82) is 0 Å². The molecule has 1 N–H and O–H groups in total. The van der Waals surface area contributed by atoms with E-state index in [1.807, 2.05) is 6.92 Å². The SMILES string of the molecule is CC(NC1CCS(=O)(=O)CC1)c1ccc(F)cc1Cl. The van der Waals surface area contributed by atoms with Crippen molar-refractivity contribution in [3.8, 4) is 0 Å². The maximum absolute atomic E-state index is 13.0. The highest BCUT2D eigenvalue weighted by Crippen LogP contribution is 2.25. The van der Waals surface area contributed by atoms with Crippen molar-refractivity contribution in [3.63, 3.8) is 0 Å². The molecule has 0 bridgehead atoms. The molecule has 0 amide bonds. The van der Waals surface area contributed by atoms with Crippen LogP contribution in [0, 0.1) is 5.82 Å². The van der Waals surface area contributed by atoms with Gasteiger partial charge in [-0.2, -0.15) is 0 Å².